The van der Waals surface area contributed by atoms with Crippen molar-refractivity contribution in [3.63, 3.8) is 0 Å². The van der Waals surface area contributed by atoms with Gasteiger partial charge in [-0.05, 0) is 30.7 Å². The van der Waals surface area contributed by atoms with Gasteiger partial charge in [-0.15, -0.1) is 0 Å². The number of pyridine rings is 1. The van der Waals surface area contributed by atoms with Gasteiger partial charge in [0.25, 0.3) is 0 Å². The molecule has 0 radical (unpaired) electrons. The summed E-state index contributed by atoms with van der Waals surface area (Å²) in [7, 11) is 1.79. The van der Waals surface area contributed by atoms with Crippen molar-refractivity contribution in [3.05, 3.63) is 40.9 Å². The van der Waals surface area contributed by atoms with Crippen molar-refractivity contribution in [2.45, 2.75) is 46.7 Å². The van der Waals surface area contributed by atoms with Crippen LogP contribution in [0.3, 0.4) is 0 Å². The zero-order valence-corrected chi connectivity index (χ0v) is 18.7. The number of likely N-dealkylation sites (N-methyl/N-ethyl adjacent to an activating group) is 1. The summed E-state index contributed by atoms with van der Waals surface area (Å²) in [5.74, 6) is 2.75. The molecular formula is C22H35N7O. The number of aromatic nitrogens is 2. The lowest BCUT2D eigenvalue weighted by Gasteiger charge is -2.34. The van der Waals surface area contributed by atoms with Gasteiger partial charge in [-0.25, -0.2) is 4.98 Å². The number of aliphatic imine (C=N–C) groups is 1. The molecule has 0 aliphatic carbocycles. The molecular weight excluding hydrogens is 378 g/mol. The third-order valence-electron chi connectivity index (χ3n) is 5.68. The Balaban J connectivity index is 1.55. The van der Waals surface area contributed by atoms with Crippen molar-refractivity contribution >= 4 is 11.8 Å². The highest BCUT2D eigenvalue weighted by molar-refractivity contribution is 5.79. The van der Waals surface area contributed by atoms with E-state index in [1.165, 1.54) is 5.56 Å². The second kappa shape index (κ2) is 11.0. The number of nitrogens with one attached hydrogen (secondary N) is 2. The molecule has 1 fully saturated rings. The normalized spacial score (nSPS) is 15.5. The molecule has 0 bridgehead atoms. The molecule has 0 unspecified atom stereocenters. The predicted octanol–water partition coefficient (Wildman–Crippen LogP) is 2.20. The second-order valence-electron chi connectivity index (χ2n) is 7.46. The first kappa shape index (κ1) is 22.1. The molecule has 0 atom stereocenters. The minimum Gasteiger partial charge on any atom is -0.361 e. The maximum Gasteiger partial charge on any atom is 0.191 e. The van der Waals surface area contributed by atoms with Gasteiger partial charge in [-0.2, -0.15) is 0 Å². The molecule has 30 heavy (non-hydrogen) atoms. The Morgan fingerprint density at radius 1 is 1.10 bits per heavy atom. The van der Waals surface area contributed by atoms with E-state index in [0.29, 0.717) is 13.1 Å². The molecule has 0 spiro atoms. The van der Waals surface area contributed by atoms with Crippen LogP contribution < -0.4 is 15.5 Å². The van der Waals surface area contributed by atoms with Gasteiger partial charge in [0.15, 0.2) is 5.96 Å². The smallest absolute Gasteiger partial charge is 0.191 e. The number of rotatable bonds is 8. The number of hydrogen-bond donors (Lipinski definition) is 2. The maximum absolute atomic E-state index is 5.45. The molecule has 1 aliphatic heterocycles. The fourth-order valence-corrected chi connectivity index (χ4v) is 3.75. The van der Waals surface area contributed by atoms with Crippen LogP contribution in [0.2, 0.25) is 0 Å². The van der Waals surface area contributed by atoms with Gasteiger partial charge in [-0.1, -0.05) is 25.9 Å². The third-order valence-corrected chi connectivity index (χ3v) is 5.68. The number of nitrogens with zero attached hydrogens (tertiary/aromatic N) is 5. The van der Waals surface area contributed by atoms with E-state index in [0.717, 1.165) is 74.4 Å². The average molecular weight is 414 g/mol. The van der Waals surface area contributed by atoms with Crippen molar-refractivity contribution in [1.29, 1.82) is 0 Å². The SMILES string of the molecule is CCc1noc(CC)c1CNC(=NC)NCc1ccnc(N2CCN(CC)CC2)c1. The number of piperazine rings is 1. The van der Waals surface area contributed by atoms with Crippen LogP contribution in [0.5, 0.6) is 0 Å². The van der Waals surface area contributed by atoms with E-state index in [4.69, 9.17) is 4.52 Å². The van der Waals surface area contributed by atoms with Crippen LogP contribution in [0.4, 0.5) is 5.82 Å². The summed E-state index contributed by atoms with van der Waals surface area (Å²) in [5, 5.41) is 11.0. The van der Waals surface area contributed by atoms with E-state index >= 15 is 0 Å². The largest absolute Gasteiger partial charge is 0.361 e. The maximum atomic E-state index is 5.45. The van der Waals surface area contributed by atoms with Gasteiger partial charge in [-0.3, -0.25) is 4.99 Å². The quantitative estimate of drug-likeness (QED) is 0.507. The Kier molecular flexibility index (Phi) is 8.07. The molecule has 2 N–H and O–H groups in total. The van der Waals surface area contributed by atoms with E-state index in [2.05, 4.69) is 68.5 Å². The number of guanidine groups is 1. The highest BCUT2D eigenvalue weighted by Crippen LogP contribution is 2.16. The molecule has 0 aromatic carbocycles. The summed E-state index contributed by atoms with van der Waals surface area (Å²) < 4.78 is 5.45. The van der Waals surface area contributed by atoms with Gasteiger partial charge in [0.2, 0.25) is 0 Å². The van der Waals surface area contributed by atoms with Crippen molar-refractivity contribution in [2.24, 2.45) is 4.99 Å². The van der Waals surface area contributed by atoms with E-state index in [9.17, 15) is 0 Å². The van der Waals surface area contributed by atoms with Crippen LogP contribution in [0.1, 0.15) is 43.4 Å². The zero-order chi connectivity index (χ0) is 21.3. The van der Waals surface area contributed by atoms with Gasteiger partial charge in [0.1, 0.15) is 11.6 Å². The number of anilines is 1. The summed E-state index contributed by atoms with van der Waals surface area (Å²) in [6, 6.07) is 4.22. The van der Waals surface area contributed by atoms with Crippen molar-refractivity contribution in [2.75, 3.05) is 44.7 Å². The Hall–Kier alpha value is -2.61. The van der Waals surface area contributed by atoms with Crippen LogP contribution in [-0.2, 0) is 25.9 Å². The summed E-state index contributed by atoms with van der Waals surface area (Å²) in [6.45, 7) is 13.1. The van der Waals surface area contributed by atoms with Crippen LogP contribution in [0.25, 0.3) is 0 Å². The summed E-state index contributed by atoms with van der Waals surface area (Å²) in [5.41, 5.74) is 3.34. The monoisotopic (exact) mass is 413 g/mol. The number of hydrogen-bond acceptors (Lipinski definition) is 6. The topological polar surface area (TPSA) is 81.8 Å². The Bertz CT molecular complexity index is 803. The lowest BCUT2D eigenvalue weighted by molar-refractivity contribution is 0.270. The Morgan fingerprint density at radius 2 is 1.87 bits per heavy atom. The highest BCUT2D eigenvalue weighted by atomic mass is 16.5. The standard InChI is InChI=1S/C22H35N7O/c1-5-19-18(20(6-2)30-27-19)16-26-22(23-4)25-15-17-8-9-24-21(14-17)29-12-10-28(7-3)11-13-29/h8-9,14H,5-7,10-13,15-16H2,1-4H3,(H2,23,25,26). The summed E-state index contributed by atoms with van der Waals surface area (Å²) >= 11 is 0. The molecule has 0 amide bonds. The summed E-state index contributed by atoms with van der Waals surface area (Å²) in [6.07, 6.45) is 3.59. The third kappa shape index (κ3) is 5.50. The highest BCUT2D eigenvalue weighted by Gasteiger charge is 2.17. The van der Waals surface area contributed by atoms with E-state index in [1.807, 2.05) is 6.20 Å². The minimum atomic E-state index is 0.652. The van der Waals surface area contributed by atoms with Crippen molar-refractivity contribution in [3.8, 4) is 0 Å². The van der Waals surface area contributed by atoms with Gasteiger partial charge < -0.3 is 25.0 Å². The van der Waals surface area contributed by atoms with Crippen molar-refractivity contribution < 1.29 is 4.52 Å². The number of aryl methyl sites for hydroxylation is 2. The van der Waals surface area contributed by atoms with E-state index in [1.54, 1.807) is 7.05 Å². The molecule has 8 nitrogen and oxygen atoms in total. The van der Waals surface area contributed by atoms with Crippen LogP contribution in [0.15, 0.2) is 27.8 Å². The Labute approximate surface area is 179 Å². The van der Waals surface area contributed by atoms with Gasteiger partial charge in [0, 0.05) is 64.5 Å². The predicted molar refractivity (Wildman–Crippen MR) is 121 cm³/mol. The molecule has 2 aromatic heterocycles. The molecule has 2 aromatic rings. The minimum absolute atomic E-state index is 0.652. The Morgan fingerprint density at radius 3 is 2.53 bits per heavy atom. The summed E-state index contributed by atoms with van der Waals surface area (Å²) in [4.78, 5) is 13.8. The van der Waals surface area contributed by atoms with Crippen LogP contribution >= 0.6 is 0 Å². The van der Waals surface area contributed by atoms with E-state index in [-0.39, 0.29) is 0 Å². The fraction of sp³-hybridized carbons (Fsp3) is 0.591. The van der Waals surface area contributed by atoms with E-state index < -0.39 is 0 Å². The molecule has 0 saturated carbocycles. The average Bonchev–Trinajstić information content (AvgIpc) is 3.21. The molecule has 8 heteroatoms. The second-order valence-corrected chi connectivity index (χ2v) is 7.46. The van der Waals surface area contributed by atoms with Gasteiger partial charge in [0.05, 0.1) is 5.69 Å². The first-order valence-electron chi connectivity index (χ1n) is 11.0. The zero-order valence-electron chi connectivity index (χ0n) is 18.7. The lowest BCUT2D eigenvalue weighted by atomic mass is 10.1. The molecule has 3 heterocycles. The fourth-order valence-electron chi connectivity index (χ4n) is 3.75. The van der Waals surface area contributed by atoms with Crippen LogP contribution in [0, 0.1) is 0 Å². The molecule has 1 saturated heterocycles. The van der Waals surface area contributed by atoms with Crippen molar-refractivity contribution in [1.82, 2.24) is 25.7 Å². The van der Waals surface area contributed by atoms with Crippen LogP contribution in [-0.4, -0.2) is 60.8 Å². The molecule has 164 valence electrons. The lowest BCUT2D eigenvalue weighted by Crippen LogP contribution is -2.46. The molecule has 1 aliphatic rings. The first-order valence-corrected chi connectivity index (χ1v) is 11.0. The molecule has 3 rings (SSSR count). The first-order chi connectivity index (χ1) is 14.7. The van der Waals surface area contributed by atoms with Gasteiger partial charge >= 0.3 is 0 Å².